The van der Waals surface area contributed by atoms with Gasteiger partial charge in [0.05, 0.1) is 17.7 Å². The molecule has 128 valence electrons. The molecule has 9 heteroatoms. The number of hydrogen-bond donors (Lipinski definition) is 1. The molecule has 1 N–H and O–H groups in total. The van der Waals surface area contributed by atoms with Crippen molar-refractivity contribution in [2.45, 2.75) is 19.4 Å². The number of nitrogens with zero attached hydrogens (tertiary/aromatic N) is 3. The lowest BCUT2D eigenvalue weighted by atomic mass is 10.1. The van der Waals surface area contributed by atoms with Crippen molar-refractivity contribution in [3.63, 3.8) is 0 Å². The summed E-state index contributed by atoms with van der Waals surface area (Å²) < 4.78 is 28.9. The van der Waals surface area contributed by atoms with Crippen molar-refractivity contribution in [2.75, 3.05) is 0 Å². The molecule has 25 heavy (non-hydrogen) atoms. The minimum atomic E-state index is -3.24. The highest BCUT2D eigenvalue weighted by molar-refractivity contribution is 7.09. The molecule has 3 aromatic heterocycles. The van der Waals surface area contributed by atoms with Crippen molar-refractivity contribution in [1.82, 2.24) is 14.7 Å². The molecule has 0 unspecified atom stereocenters. The van der Waals surface area contributed by atoms with Crippen LogP contribution in [-0.2, 0) is 12.5 Å². The van der Waals surface area contributed by atoms with Crippen LogP contribution >= 0.6 is 22.9 Å². The molecule has 0 aliphatic rings. The van der Waals surface area contributed by atoms with Crippen LogP contribution in [0.2, 0.25) is 5.15 Å². The van der Waals surface area contributed by atoms with E-state index in [0.717, 1.165) is 15.3 Å². The molecule has 5 nitrogen and oxygen atoms in total. The molecule has 0 aliphatic carbocycles. The average Bonchev–Trinajstić information content (AvgIpc) is 3.19. The van der Waals surface area contributed by atoms with E-state index in [2.05, 4.69) is 10.3 Å². The van der Waals surface area contributed by atoms with Gasteiger partial charge in [0.25, 0.3) is 11.8 Å². The van der Waals surface area contributed by atoms with E-state index in [0.29, 0.717) is 6.92 Å². The van der Waals surface area contributed by atoms with E-state index >= 15 is 0 Å². The summed E-state index contributed by atoms with van der Waals surface area (Å²) in [4.78, 5) is 17.2. The molecule has 0 aromatic carbocycles. The molecule has 0 fully saturated rings. The highest BCUT2D eigenvalue weighted by Crippen LogP contribution is 2.33. The van der Waals surface area contributed by atoms with E-state index in [1.807, 2.05) is 17.5 Å². The van der Waals surface area contributed by atoms with Gasteiger partial charge in [-0.15, -0.1) is 11.3 Å². The number of halogens is 3. The molecule has 0 spiro atoms. The topological polar surface area (TPSA) is 70.2 Å². The number of alkyl halides is 2. The first-order chi connectivity index (χ1) is 11.8. The molecule has 3 rings (SSSR count). The third-order valence-electron chi connectivity index (χ3n) is 3.48. The fraction of sp³-hybridized carbons (Fsp3) is 0.188. The van der Waals surface area contributed by atoms with Crippen LogP contribution in [-0.4, -0.2) is 15.3 Å². The van der Waals surface area contributed by atoms with Crippen LogP contribution in [0.5, 0.6) is 0 Å². The van der Waals surface area contributed by atoms with Gasteiger partial charge in [0.1, 0.15) is 16.9 Å². The van der Waals surface area contributed by atoms with Gasteiger partial charge in [-0.25, -0.2) is 13.8 Å². The number of imidazole rings is 1. The maximum atomic E-state index is 13.9. The van der Waals surface area contributed by atoms with E-state index in [1.165, 1.54) is 17.5 Å². The van der Waals surface area contributed by atoms with E-state index in [-0.39, 0.29) is 28.6 Å². The van der Waals surface area contributed by atoms with Gasteiger partial charge in [0, 0.05) is 18.0 Å². The van der Waals surface area contributed by atoms with Crippen molar-refractivity contribution in [3.8, 4) is 6.07 Å². The van der Waals surface area contributed by atoms with Crippen molar-refractivity contribution in [2.24, 2.45) is 0 Å². The normalized spacial score (nSPS) is 11.5. The minimum Gasteiger partial charge on any atom is -0.346 e. The van der Waals surface area contributed by atoms with Crippen LogP contribution in [0, 0.1) is 11.3 Å². The zero-order valence-electron chi connectivity index (χ0n) is 12.9. The Bertz CT molecular complexity index is 986. The third kappa shape index (κ3) is 3.34. The molecule has 1 amide bonds. The van der Waals surface area contributed by atoms with E-state index < -0.39 is 17.4 Å². The number of nitriles is 1. The standard InChI is InChI=1S/C16H11ClF2N4OS/c1-16(18,19)11-5-9(6-20)8-23-13(17)12(22-14(11)23)15(24)21-7-10-3-2-4-25-10/h2-5,8H,7H2,1H3,(H,21,24). The summed E-state index contributed by atoms with van der Waals surface area (Å²) in [6.45, 7) is 0.976. The first-order valence-electron chi connectivity index (χ1n) is 7.12. The summed E-state index contributed by atoms with van der Waals surface area (Å²) in [5.41, 5.74) is -0.795. The van der Waals surface area contributed by atoms with Crippen molar-refractivity contribution in [3.05, 3.63) is 56.6 Å². The molecule has 0 aliphatic heterocycles. The first kappa shape index (κ1) is 17.3. The predicted molar refractivity (Wildman–Crippen MR) is 90.0 cm³/mol. The Kier molecular flexibility index (Phi) is 4.45. The SMILES string of the molecule is CC(F)(F)c1cc(C#N)cn2c(Cl)c(C(=O)NCc3cccs3)nc12. The minimum absolute atomic E-state index is 0.00568. The van der Waals surface area contributed by atoms with Gasteiger partial charge in [-0.05, 0) is 17.5 Å². The van der Waals surface area contributed by atoms with Gasteiger partial charge in [0.15, 0.2) is 5.69 Å². The fourth-order valence-electron chi connectivity index (χ4n) is 2.31. The number of rotatable bonds is 4. The number of nitrogens with one attached hydrogen (secondary N) is 1. The molecule has 0 bridgehead atoms. The average molecular weight is 381 g/mol. The van der Waals surface area contributed by atoms with Crippen LogP contribution in [0.3, 0.4) is 0 Å². The first-order valence-corrected chi connectivity index (χ1v) is 8.37. The highest BCUT2D eigenvalue weighted by atomic mass is 35.5. The molecule has 0 radical (unpaired) electrons. The second-order valence-electron chi connectivity index (χ2n) is 5.35. The lowest BCUT2D eigenvalue weighted by Gasteiger charge is -2.12. The van der Waals surface area contributed by atoms with Crippen molar-refractivity contribution >= 4 is 34.5 Å². The monoisotopic (exact) mass is 380 g/mol. The van der Waals surface area contributed by atoms with E-state index in [4.69, 9.17) is 16.9 Å². The predicted octanol–water partition coefficient (Wildman–Crippen LogP) is 3.96. The molecular formula is C16H11ClF2N4OS. The number of carbonyl (C=O) groups excluding carboxylic acids is 1. The Balaban J connectivity index is 2.04. The van der Waals surface area contributed by atoms with Gasteiger partial charge in [-0.1, -0.05) is 17.7 Å². The number of amides is 1. The second kappa shape index (κ2) is 6.43. The number of carbonyl (C=O) groups is 1. The number of fused-ring (bicyclic) bond motifs is 1. The summed E-state index contributed by atoms with van der Waals surface area (Å²) in [5, 5.41) is 13.4. The van der Waals surface area contributed by atoms with Gasteiger partial charge in [-0.3, -0.25) is 9.20 Å². The quantitative estimate of drug-likeness (QED) is 0.744. The zero-order chi connectivity index (χ0) is 18.2. The maximum Gasteiger partial charge on any atom is 0.274 e. The number of hydrogen-bond acceptors (Lipinski definition) is 4. The maximum absolute atomic E-state index is 13.9. The summed E-state index contributed by atoms with van der Waals surface area (Å²) in [7, 11) is 0. The number of thiophene rings is 1. The zero-order valence-corrected chi connectivity index (χ0v) is 14.5. The van der Waals surface area contributed by atoms with Gasteiger partial charge in [-0.2, -0.15) is 5.26 Å². The molecule has 0 saturated carbocycles. The van der Waals surface area contributed by atoms with Crippen molar-refractivity contribution in [1.29, 1.82) is 5.26 Å². The molecule has 3 heterocycles. The Morgan fingerprint density at radius 2 is 2.32 bits per heavy atom. The third-order valence-corrected chi connectivity index (χ3v) is 4.72. The lowest BCUT2D eigenvalue weighted by molar-refractivity contribution is 0.0185. The van der Waals surface area contributed by atoms with Gasteiger partial charge in [0.2, 0.25) is 0 Å². The highest BCUT2D eigenvalue weighted by Gasteiger charge is 2.31. The summed E-state index contributed by atoms with van der Waals surface area (Å²) >= 11 is 7.62. The largest absolute Gasteiger partial charge is 0.346 e. The Labute approximate surface area is 150 Å². The van der Waals surface area contributed by atoms with Crippen molar-refractivity contribution < 1.29 is 13.6 Å². The van der Waals surface area contributed by atoms with Crippen LogP contribution in [0.25, 0.3) is 5.65 Å². The van der Waals surface area contributed by atoms with Crippen LogP contribution in [0.4, 0.5) is 8.78 Å². The molecule has 0 saturated heterocycles. The molecule has 3 aromatic rings. The Morgan fingerprint density at radius 1 is 1.56 bits per heavy atom. The summed E-state index contributed by atoms with van der Waals surface area (Å²) in [6, 6.07) is 6.55. The molecule has 0 atom stereocenters. The lowest BCUT2D eigenvalue weighted by Crippen LogP contribution is -2.23. The number of pyridine rings is 1. The Hall–Kier alpha value is -2.50. The Morgan fingerprint density at radius 3 is 2.92 bits per heavy atom. The van der Waals surface area contributed by atoms with Gasteiger partial charge >= 0.3 is 0 Å². The van der Waals surface area contributed by atoms with E-state index in [1.54, 1.807) is 6.07 Å². The van der Waals surface area contributed by atoms with Crippen LogP contribution in [0.1, 0.15) is 33.4 Å². The smallest absolute Gasteiger partial charge is 0.274 e. The van der Waals surface area contributed by atoms with E-state index in [9.17, 15) is 13.6 Å². The van der Waals surface area contributed by atoms with Crippen LogP contribution in [0.15, 0.2) is 29.8 Å². The van der Waals surface area contributed by atoms with Gasteiger partial charge < -0.3 is 5.32 Å². The van der Waals surface area contributed by atoms with Crippen LogP contribution < -0.4 is 5.32 Å². The number of aromatic nitrogens is 2. The fourth-order valence-corrected chi connectivity index (χ4v) is 3.21. The summed E-state index contributed by atoms with van der Waals surface area (Å²) in [5.74, 6) is -3.82. The summed E-state index contributed by atoms with van der Waals surface area (Å²) in [6.07, 6.45) is 1.27. The second-order valence-corrected chi connectivity index (χ2v) is 6.74. The molecular weight excluding hydrogens is 370 g/mol.